The van der Waals surface area contributed by atoms with Gasteiger partial charge in [-0.2, -0.15) is 0 Å². The van der Waals surface area contributed by atoms with Gasteiger partial charge in [-0.3, -0.25) is 0 Å². The van der Waals surface area contributed by atoms with Crippen molar-refractivity contribution in [1.82, 2.24) is 4.98 Å². The Morgan fingerprint density at radius 2 is 2.27 bits per heavy atom. The summed E-state index contributed by atoms with van der Waals surface area (Å²) in [4.78, 5) is 13.9. The molecule has 0 unspecified atom stereocenters. The van der Waals surface area contributed by atoms with Gasteiger partial charge >= 0.3 is 5.82 Å². The molecular weight excluding hydrogens is 194 g/mol. The van der Waals surface area contributed by atoms with Crippen molar-refractivity contribution in [1.29, 1.82) is 0 Å². The molecule has 0 spiro atoms. The molecule has 15 heavy (non-hydrogen) atoms. The molecule has 1 heterocycles. The highest BCUT2D eigenvalue weighted by Gasteiger charge is 2.14. The highest BCUT2D eigenvalue weighted by atomic mass is 16.6. The average molecular weight is 209 g/mol. The van der Waals surface area contributed by atoms with Crippen LogP contribution in [-0.4, -0.2) is 9.91 Å². The van der Waals surface area contributed by atoms with E-state index >= 15 is 0 Å². The Morgan fingerprint density at radius 3 is 2.87 bits per heavy atom. The Labute approximate surface area is 88.5 Å². The van der Waals surface area contributed by atoms with Gasteiger partial charge in [0.1, 0.15) is 0 Å². The van der Waals surface area contributed by atoms with Gasteiger partial charge in [-0.05, 0) is 28.8 Å². The number of hydrogen-bond acceptors (Lipinski definition) is 4. The van der Waals surface area contributed by atoms with E-state index < -0.39 is 4.92 Å². The van der Waals surface area contributed by atoms with Gasteiger partial charge in [0.2, 0.25) is 0 Å². The maximum absolute atomic E-state index is 10.7. The number of unbranched alkanes of at least 4 members (excludes halogenated alkanes) is 2. The Morgan fingerprint density at radius 1 is 1.53 bits per heavy atom. The van der Waals surface area contributed by atoms with Gasteiger partial charge in [0.25, 0.3) is 0 Å². The first-order valence-electron chi connectivity index (χ1n) is 5.04. The standard InChI is InChI=1S/C10H15N3O2/c1-2-3-4-5-8-6-9(11)7-12-10(8)13(14)15/h6-7H,2-5,11H2,1H3. The van der Waals surface area contributed by atoms with Crippen LogP contribution in [0.15, 0.2) is 12.3 Å². The highest BCUT2D eigenvalue weighted by Crippen LogP contribution is 2.20. The number of nitrogens with two attached hydrogens (primary N) is 1. The molecular formula is C10H15N3O2. The van der Waals surface area contributed by atoms with E-state index in [1.54, 1.807) is 6.07 Å². The van der Waals surface area contributed by atoms with E-state index in [-0.39, 0.29) is 5.82 Å². The SMILES string of the molecule is CCCCCc1cc(N)cnc1[N+](=O)[O-]. The number of rotatable bonds is 5. The normalized spacial score (nSPS) is 10.2. The fourth-order valence-corrected chi connectivity index (χ4v) is 1.44. The molecule has 2 N–H and O–H groups in total. The lowest BCUT2D eigenvalue weighted by Crippen LogP contribution is -2.00. The fourth-order valence-electron chi connectivity index (χ4n) is 1.44. The second kappa shape index (κ2) is 5.29. The Kier molecular flexibility index (Phi) is 4.03. The number of aryl methyl sites for hydroxylation is 1. The summed E-state index contributed by atoms with van der Waals surface area (Å²) in [5, 5.41) is 10.7. The number of nitrogen functional groups attached to an aromatic ring is 1. The van der Waals surface area contributed by atoms with Crippen molar-refractivity contribution >= 4 is 11.5 Å². The second-order valence-electron chi connectivity index (χ2n) is 3.47. The largest absolute Gasteiger partial charge is 0.396 e. The van der Waals surface area contributed by atoms with Gasteiger partial charge in [0.05, 0.1) is 11.3 Å². The lowest BCUT2D eigenvalue weighted by Gasteiger charge is -2.02. The van der Waals surface area contributed by atoms with Gasteiger partial charge < -0.3 is 15.8 Å². The van der Waals surface area contributed by atoms with Crippen molar-refractivity contribution in [3.8, 4) is 0 Å². The summed E-state index contributed by atoms with van der Waals surface area (Å²) >= 11 is 0. The molecule has 82 valence electrons. The molecule has 0 amide bonds. The van der Waals surface area contributed by atoms with E-state index in [0.717, 1.165) is 19.3 Å². The molecule has 0 aliphatic heterocycles. The average Bonchev–Trinajstić information content (AvgIpc) is 2.18. The molecule has 0 radical (unpaired) electrons. The maximum atomic E-state index is 10.7. The zero-order valence-electron chi connectivity index (χ0n) is 8.77. The Hall–Kier alpha value is -1.65. The molecule has 1 aromatic rings. The van der Waals surface area contributed by atoms with Crippen molar-refractivity contribution in [2.75, 3.05) is 5.73 Å². The Balaban J connectivity index is 2.82. The number of anilines is 1. The molecule has 0 aromatic carbocycles. The summed E-state index contributed by atoms with van der Waals surface area (Å²) in [7, 11) is 0. The summed E-state index contributed by atoms with van der Waals surface area (Å²) < 4.78 is 0. The van der Waals surface area contributed by atoms with Crippen LogP contribution in [0, 0.1) is 10.1 Å². The van der Waals surface area contributed by atoms with Crippen LogP contribution in [0.25, 0.3) is 0 Å². The number of pyridine rings is 1. The van der Waals surface area contributed by atoms with E-state index in [4.69, 9.17) is 5.73 Å². The molecule has 0 aliphatic rings. The zero-order valence-corrected chi connectivity index (χ0v) is 8.77. The molecule has 0 saturated heterocycles. The third-order valence-electron chi connectivity index (χ3n) is 2.19. The van der Waals surface area contributed by atoms with Gasteiger partial charge in [0, 0.05) is 0 Å². The van der Waals surface area contributed by atoms with Crippen LogP contribution in [0.2, 0.25) is 0 Å². The van der Waals surface area contributed by atoms with Crippen molar-refractivity contribution in [2.45, 2.75) is 32.6 Å². The van der Waals surface area contributed by atoms with E-state index in [0.29, 0.717) is 17.7 Å². The number of nitro groups is 1. The van der Waals surface area contributed by atoms with Crippen LogP contribution in [0.3, 0.4) is 0 Å². The Bertz CT molecular complexity index is 353. The fraction of sp³-hybridized carbons (Fsp3) is 0.500. The summed E-state index contributed by atoms with van der Waals surface area (Å²) in [5.74, 6) is -0.0692. The van der Waals surface area contributed by atoms with Crippen molar-refractivity contribution in [3.05, 3.63) is 27.9 Å². The topological polar surface area (TPSA) is 82.0 Å². The third-order valence-corrected chi connectivity index (χ3v) is 2.19. The summed E-state index contributed by atoms with van der Waals surface area (Å²) in [6.07, 6.45) is 5.07. The van der Waals surface area contributed by atoms with Crippen LogP contribution in [-0.2, 0) is 6.42 Å². The van der Waals surface area contributed by atoms with Crippen LogP contribution >= 0.6 is 0 Å². The number of hydrogen-bond donors (Lipinski definition) is 1. The first kappa shape index (κ1) is 11.4. The third kappa shape index (κ3) is 3.19. The molecule has 0 bridgehead atoms. The van der Waals surface area contributed by atoms with Crippen molar-refractivity contribution in [2.24, 2.45) is 0 Å². The van der Waals surface area contributed by atoms with Crippen LogP contribution in [0.4, 0.5) is 11.5 Å². The summed E-state index contributed by atoms with van der Waals surface area (Å²) in [6.45, 7) is 2.09. The predicted octanol–water partition coefficient (Wildman–Crippen LogP) is 2.30. The smallest absolute Gasteiger partial charge is 0.366 e. The highest BCUT2D eigenvalue weighted by molar-refractivity contribution is 5.45. The minimum Gasteiger partial charge on any atom is -0.396 e. The molecule has 0 atom stereocenters. The minimum absolute atomic E-state index is 0.0692. The monoisotopic (exact) mass is 209 g/mol. The number of nitrogens with zero attached hydrogens (tertiary/aromatic N) is 2. The maximum Gasteiger partial charge on any atom is 0.366 e. The van der Waals surface area contributed by atoms with Crippen LogP contribution < -0.4 is 5.73 Å². The number of aromatic nitrogens is 1. The summed E-state index contributed by atoms with van der Waals surface area (Å²) in [5.41, 5.74) is 6.66. The van der Waals surface area contributed by atoms with E-state index in [1.165, 1.54) is 6.20 Å². The molecule has 5 heteroatoms. The van der Waals surface area contributed by atoms with E-state index in [9.17, 15) is 10.1 Å². The lowest BCUT2D eigenvalue weighted by molar-refractivity contribution is -0.390. The quantitative estimate of drug-likeness (QED) is 0.458. The molecule has 1 aromatic heterocycles. The first-order chi connectivity index (χ1) is 7.15. The van der Waals surface area contributed by atoms with Crippen molar-refractivity contribution in [3.63, 3.8) is 0 Å². The molecule has 5 nitrogen and oxygen atoms in total. The lowest BCUT2D eigenvalue weighted by atomic mass is 10.1. The predicted molar refractivity (Wildman–Crippen MR) is 58.5 cm³/mol. The summed E-state index contributed by atoms with van der Waals surface area (Å²) in [6, 6.07) is 1.64. The van der Waals surface area contributed by atoms with Crippen LogP contribution in [0.1, 0.15) is 31.7 Å². The second-order valence-corrected chi connectivity index (χ2v) is 3.47. The zero-order chi connectivity index (χ0) is 11.3. The van der Waals surface area contributed by atoms with Gasteiger partial charge in [0.15, 0.2) is 6.20 Å². The van der Waals surface area contributed by atoms with Gasteiger partial charge in [-0.1, -0.05) is 19.8 Å². The van der Waals surface area contributed by atoms with Gasteiger partial charge in [-0.25, -0.2) is 0 Å². The van der Waals surface area contributed by atoms with Crippen molar-refractivity contribution < 1.29 is 4.92 Å². The van der Waals surface area contributed by atoms with Crippen LogP contribution in [0.5, 0.6) is 0 Å². The van der Waals surface area contributed by atoms with Gasteiger partial charge in [-0.15, -0.1) is 0 Å². The van der Waals surface area contributed by atoms with E-state index in [1.807, 2.05) is 0 Å². The molecule has 0 fully saturated rings. The molecule has 0 saturated carbocycles. The molecule has 0 aliphatic carbocycles. The first-order valence-corrected chi connectivity index (χ1v) is 5.04. The minimum atomic E-state index is -0.458. The van der Waals surface area contributed by atoms with E-state index in [2.05, 4.69) is 11.9 Å². The molecule has 1 rings (SSSR count).